The first-order chi connectivity index (χ1) is 12.6. The van der Waals surface area contributed by atoms with Crippen LogP contribution in [0.3, 0.4) is 0 Å². The van der Waals surface area contributed by atoms with E-state index in [0.717, 1.165) is 11.3 Å². The Morgan fingerprint density at radius 2 is 1.58 bits per heavy atom. The van der Waals surface area contributed by atoms with Gasteiger partial charge in [0.2, 0.25) is 0 Å². The van der Waals surface area contributed by atoms with Gasteiger partial charge in [0.05, 0.1) is 27.4 Å². The third kappa shape index (κ3) is 4.81. The second kappa shape index (κ2) is 9.56. The van der Waals surface area contributed by atoms with Crippen molar-refractivity contribution >= 4 is 5.96 Å². The van der Waals surface area contributed by atoms with Crippen LogP contribution in [0.1, 0.15) is 24.1 Å². The maximum Gasteiger partial charge on any atom is 0.191 e. The number of aliphatic imine (C=N–C) groups is 1. The van der Waals surface area contributed by atoms with Gasteiger partial charge in [-0.15, -0.1) is 0 Å². The third-order valence-electron chi connectivity index (χ3n) is 4.11. The van der Waals surface area contributed by atoms with Crippen molar-refractivity contribution in [3.05, 3.63) is 53.6 Å². The summed E-state index contributed by atoms with van der Waals surface area (Å²) < 4.78 is 16.2. The second-order valence-electron chi connectivity index (χ2n) is 5.72. The number of guanidine groups is 1. The smallest absolute Gasteiger partial charge is 0.191 e. The number of benzene rings is 2. The van der Waals surface area contributed by atoms with Crippen LogP contribution < -0.4 is 24.8 Å². The molecule has 1 unspecified atom stereocenters. The van der Waals surface area contributed by atoms with Crippen molar-refractivity contribution in [3.63, 3.8) is 0 Å². The molecular formula is C20H27N3O3. The van der Waals surface area contributed by atoms with Crippen molar-refractivity contribution in [1.29, 1.82) is 0 Å². The normalized spacial score (nSPS) is 12.3. The molecule has 6 heteroatoms. The fraction of sp³-hybridized carbons (Fsp3) is 0.350. The summed E-state index contributed by atoms with van der Waals surface area (Å²) in [6.45, 7) is 2.63. The van der Waals surface area contributed by atoms with Gasteiger partial charge in [-0.05, 0) is 18.6 Å². The highest BCUT2D eigenvalue weighted by atomic mass is 16.5. The van der Waals surface area contributed by atoms with E-state index in [1.165, 1.54) is 5.56 Å². The van der Waals surface area contributed by atoms with Gasteiger partial charge in [0.25, 0.3) is 0 Å². The molecule has 0 amide bonds. The van der Waals surface area contributed by atoms with Crippen LogP contribution in [0, 0.1) is 0 Å². The molecule has 6 nitrogen and oxygen atoms in total. The number of nitrogens with one attached hydrogen (secondary N) is 2. The summed E-state index contributed by atoms with van der Waals surface area (Å²) in [5.74, 6) is 2.72. The maximum atomic E-state index is 5.47. The first-order valence-electron chi connectivity index (χ1n) is 8.44. The van der Waals surface area contributed by atoms with Crippen LogP contribution in [-0.4, -0.2) is 34.3 Å². The lowest BCUT2D eigenvalue weighted by Gasteiger charge is -2.19. The molecular weight excluding hydrogens is 330 g/mol. The minimum absolute atomic E-state index is 0.134. The largest absolute Gasteiger partial charge is 0.496 e. The van der Waals surface area contributed by atoms with E-state index in [1.807, 2.05) is 30.3 Å². The fourth-order valence-corrected chi connectivity index (χ4v) is 2.63. The number of rotatable bonds is 7. The summed E-state index contributed by atoms with van der Waals surface area (Å²) in [6.07, 6.45) is 0. The zero-order chi connectivity index (χ0) is 18.9. The molecule has 140 valence electrons. The number of ether oxygens (including phenoxy) is 3. The molecule has 0 spiro atoms. The average molecular weight is 357 g/mol. The van der Waals surface area contributed by atoms with Crippen molar-refractivity contribution in [2.45, 2.75) is 19.5 Å². The summed E-state index contributed by atoms with van der Waals surface area (Å²) in [6, 6.07) is 14.1. The minimum Gasteiger partial charge on any atom is -0.496 e. The van der Waals surface area contributed by atoms with E-state index in [4.69, 9.17) is 14.2 Å². The van der Waals surface area contributed by atoms with Crippen LogP contribution in [0.5, 0.6) is 17.2 Å². The standard InChI is InChI=1S/C20H27N3O3/c1-14(15-9-7-6-8-10-15)23-20(21-2)22-13-16-11-18(25-4)19(26-5)12-17(16)24-3/h6-12,14H,13H2,1-5H3,(H2,21,22,23). The molecule has 0 bridgehead atoms. The van der Waals surface area contributed by atoms with E-state index in [-0.39, 0.29) is 6.04 Å². The molecule has 0 aliphatic rings. The number of hydrogen-bond donors (Lipinski definition) is 2. The topological polar surface area (TPSA) is 64.1 Å². The van der Waals surface area contributed by atoms with E-state index < -0.39 is 0 Å². The Bertz CT molecular complexity index is 733. The maximum absolute atomic E-state index is 5.47. The Kier molecular flexibility index (Phi) is 7.14. The lowest BCUT2D eigenvalue weighted by atomic mass is 10.1. The van der Waals surface area contributed by atoms with Gasteiger partial charge in [-0.25, -0.2) is 0 Å². The highest BCUT2D eigenvalue weighted by molar-refractivity contribution is 5.80. The first-order valence-corrected chi connectivity index (χ1v) is 8.44. The summed E-state index contributed by atoms with van der Waals surface area (Å²) >= 11 is 0. The number of methoxy groups -OCH3 is 3. The van der Waals surface area contributed by atoms with Gasteiger partial charge in [-0.3, -0.25) is 4.99 Å². The van der Waals surface area contributed by atoms with E-state index >= 15 is 0 Å². The SMILES string of the molecule is CN=C(NCc1cc(OC)c(OC)cc1OC)NC(C)c1ccccc1. The molecule has 0 radical (unpaired) electrons. The molecule has 2 rings (SSSR count). The molecule has 0 aromatic heterocycles. The molecule has 0 saturated carbocycles. The Morgan fingerprint density at radius 3 is 2.15 bits per heavy atom. The molecule has 26 heavy (non-hydrogen) atoms. The van der Waals surface area contributed by atoms with Crippen molar-refractivity contribution in [3.8, 4) is 17.2 Å². The molecule has 2 aromatic carbocycles. The van der Waals surface area contributed by atoms with Crippen LogP contribution in [0.4, 0.5) is 0 Å². The summed E-state index contributed by atoms with van der Waals surface area (Å²) in [7, 11) is 6.60. The Hall–Kier alpha value is -2.89. The van der Waals surface area contributed by atoms with E-state index in [1.54, 1.807) is 28.4 Å². The van der Waals surface area contributed by atoms with E-state index in [2.05, 4.69) is 34.7 Å². The van der Waals surface area contributed by atoms with Crippen LogP contribution in [0.15, 0.2) is 47.5 Å². The van der Waals surface area contributed by atoms with Crippen molar-refractivity contribution in [1.82, 2.24) is 10.6 Å². The quantitative estimate of drug-likeness (QED) is 0.589. The van der Waals surface area contributed by atoms with E-state index in [0.29, 0.717) is 24.0 Å². The van der Waals surface area contributed by atoms with Crippen LogP contribution >= 0.6 is 0 Å². The van der Waals surface area contributed by atoms with Crippen LogP contribution in [0.25, 0.3) is 0 Å². The molecule has 2 aromatic rings. The number of hydrogen-bond acceptors (Lipinski definition) is 4. The summed E-state index contributed by atoms with van der Waals surface area (Å²) in [4.78, 5) is 4.30. The van der Waals surface area contributed by atoms with Gasteiger partial charge >= 0.3 is 0 Å². The van der Waals surface area contributed by atoms with Crippen molar-refractivity contribution in [2.75, 3.05) is 28.4 Å². The van der Waals surface area contributed by atoms with Gasteiger partial charge in [0.1, 0.15) is 5.75 Å². The molecule has 2 N–H and O–H groups in total. The average Bonchev–Trinajstić information content (AvgIpc) is 2.70. The van der Waals surface area contributed by atoms with Gasteiger partial charge < -0.3 is 24.8 Å². The lowest BCUT2D eigenvalue weighted by Crippen LogP contribution is -2.38. The zero-order valence-electron chi connectivity index (χ0n) is 16.0. The predicted octanol–water partition coefficient (Wildman–Crippen LogP) is 3.14. The van der Waals surface area contributed by atoms with Gasteiger partial charge in [-0.1, -0.05) is 30.3 Å². The van der Waals surface area contributed by atoms with Crippen LogP contribution in [0.2, 0.25) is 0 Å². The van der Waals surface area contributed by atoms with Gasteiger partial charge in [0, 0.05) is 25.2 Å². The highest BCUT2D eigenvalue weighted by Crippen LogP contribution is 2.34. The fourth-order valence-electron chi connectivity index (χ4n) is 2.63. The molecule has 0 heterocycles. The third-order valence-corrected chi connectivity index (χ3v) is 4.11. The molecule has 0 fully saturated rings. The Labute approximate surface area is 155 Å². The number of nitrogens with zero attached hydrogens (tertiary/aromatic N) is 1. The molecule has 0 aliphatic carbocycles. The molecule has 1 atom stereocenters. The minimum atomic E-state index is 0.134. The molecule has 0 aliphatic heterocycles. The Balaban J connectivity index is 2.08. The van der Waals surface area contributed by atoms with Crippen LogP contribution in [-0.2, 0) is 6.54 Å². The van der Waals surface area contributed by atoms with Crippen molar-refractivity contribution < 1.29 is 14.2 Å². The highest BCUT2D eigenvalue weighted by Gasteiger charge is 2.13. The summed E-state index contributed by atoms with van der Waals surface area (Å²) in [5.41, 5.74) is 2.14. The summed E-state index contributed by atoms with van der Waals surface area (Å²) in [5, 5.41) is 6.70. The zero-order valence-corrected chi connectivity index (χ0v) is 16.0. The van der Waals surface area contributed by atoms with Gasteiger partial charge in [0.15, 0.2) is 17.5 Å². The van der Waals surface area contributed by atoms with E-state index in [9.17, 15) is 0 Å². The lowest BCUT2D eigenvalue weighted by molar-refractivity contribution is 0.347. The predicted molar refractivity (Wildman–Crippen MR) is 104 cm³/mol. The Morgan fingerprint density at radius 1 is 0.962 bits per heavy atom. The first kappa shape index (κ1) is 19.4. The second-order valence-corrected chi connectivity index (χ2v) is 5.72. The molecule has 0 saturated heterocycles. The monoisotopic (exact) mass is 357 g/mol. The van der Waals surface area contributed by atoms with Gasteiger partial charge in [-0.2, -0.15) is 0 Å². The van der Waals surface area contributed by atoms with Crippen molar-refractivity contribution in [2.24, 2.45) is 4.99 Å².